The van der Waals surface area contributed by atoms with Crippen LogP contribution in [0.5, 0.6) is 0 Å². The summed E-state index contributed by atoms with van der Waals surface area (Å²) in [6.45, 7) is 5.81. The third kappa shape index (κ3) is 7.11. The van der Waals surface area contributed by atoms with Crippen LogP contribution in [0.1, 0.15) is 92.7 Å². The van der Waals surface area contributed by atoms with Crippen LogP contribution in [-0.4, -0.2) is 51.0 Å². The molecule has 0 spiro atoms. The number of carbonyl (C=O) groups excluding carboxylic acids is 2. The number of esters is 2. The topological polar surface area (TPSA) is 137 Å². The summed E-state index contributed by atoms with van der Waals surface area (Å²) in [5.74, 6) is -1.33. The fourth-order valence-electron chi connectivity index (χ4n) is 4.53. The van der Waals surface area contributed by atoms with Gasteiger partial charge in [-0.1, -0.05) is 45.7 Å². The normalized spacial score (nSPS) is 19.3. The first-order valence-corrected chi connectivity index (χ1v) is 14.1. The molecule has 10 nitrogen and oxygen atoms in total. The van der Waals surface area contributed by atoms with Gasteiger partial charge in [-0.3, -0.25) is 14.3 Å². The summed E-state index contributed by atoms with van der Waals surface area (Å²) in [6, 6.07) is 6.30. The third-order valence-electron chi connectivity index (χ3n) is 7.02. The van der Waals surface area contributed by atoms with Crippen molar-refractivity contribution < 1.29 is 28.9 Å². The SMILES string of the molecule is CCCCCC(CC)(CC)OC(=O)c1ccccc1C(=O)OC[C@H]1O[C@@H](n2cc(I)c(=O)[nH]c2=O)C[C@@H]1O. The van der Waals surface area contributed by atoms with Crippen LogP contribution in [0.15, 0.2) is 40.1 Å². The minimum atomic E-state index is -1.01. The molecule has 2 aromatic rings. The highest BCUT2D eigenvalue weighted by Gasteiger charge is 2.37. The van der Waals surface area contributed by atoms with Crippen molar-refractivity contribution in [2.75, 3.05) is 6.61 Å². The fraction of sp³-hybridized carbons (Fsp3) is 0.556. The lowest BCUT2D eigenvalue weighted by atomic mass is 9.90. The molecule has 0 radical (unpaired) electrons. The average Bonchev–Trinajstić information content (AvgIpc) is 3.28. The number of H-pyrrole nitrogens is 1. The Morgan fingerprint density at radius 3 is 2.42 bits per heavy atom. The van der Waals surface area contributed by atoms with E-state index in [0.717, 1.165) is 25.7 Å². The van der Waals surface area contributed by atoms with E-state index in [4.69, 9.17) is 14.2 Å². The second-order valence-electron chi connectivity index (χ2n) is 9.46. The highest BCUT2D eigenvalue weighted by Crippen LogP contribution is 2.30. The summed E-state index contributed by atoms with van der Waals surface area (Å²) in [6.07, 6.45) is 3.83. The molecule has 38 heavy (non-hydrogen) atoms. The Balaban J connectivity index is 1.68. The van der Waals surface area contributed by atoms with Gasteiger partial charge in [0.2, 0.25) is 0 Å². The Kier molecular flexibility index (Phi) is 10.7. The number of nitrogens with zero attached hydrogens (tertiary/aromatic N) is 1. The van der Waals surface area contributed by atoms with E-state index >= 15 is 0 Å². The summed E-state index contributed by atoms with van der Waals surface area (Å²) in [7, 11) is 0. The van der Waals surface area contributed by atoms with Crippen molar-refractivity contribution in [1.82, 2.24) is 9.55 Å². The zero-order chi connectivity index (χ0) is 27.9. The summed E-state index contributed by atoms with van der Waals surface area (Å²) in [5.41, 5.74) is -1.61. The van der Waals surface area contributed by atoms with Crippen molar-refractivity contribution in [3.8, 4) is 0 Å². The molecular weight excluding hydrogens is 607 g/mol. The lowest BCUT2D eigenvalue weighted by Crippen LogP contribution is -2.34. The van der Waals surface area contributed by atoms with Crippen molar-refractivity contribution in [3.05, 3.63) is 66.0 Å². The van der Waals surface area contributed by atoms with Crippen LogP contribution in [-0.2, 0) is 14.2 Å². The number of nitrogens with one attached hydrogen (secondary N) is 1. The number of aliphatic hydroxyl groups is 1. The Morgan fingerprint density at radius 2 is 1.79 bits per heavy atom. The highest BCUT2D eigenvalue weighted by molar-refractivity contribution is 14.1. The molecule has 1 aliphatic rings. The van der Waals surface area contributed by atoms with Gasteiger partial charge in [-0.15, -0.1) is 0 Å². The van der Waals surface area contributed by atoms with Crippen LogP contribution in [0.25, 0.3) is 0 Å². The van der Waals surface area contributed by atoms with Gasteiger partial charge in [0.1, 0.15) is 24.5 Å². The molecule has 1 aromatic carbocycles. The minimum absolute atomic E-state index is 0.0580. The van der Waals surface area contributed by atoms with Crippen molar-refractivity contribution >= 4 is 34.5 Å². The van der Waals surface area contributed by atoms with Crippen molar-refractivity contribution in [2.45, 2.75) is 89.8 Å². The van der Waals surface area contributed by atoms with E-state index in [1.54, 1.807) is 34.7 Å². The number of aromatic amines is 1. The second kappa shape index (κ2) is 13.5. The van der Waals surface area contributed by atoms with Crippen LogP contribution in [0.4, 0.5) is 0 Å². The molecule has 1 aromatic heterocycles. The molecule has 0 amide bonds. The van der Waals surface area contributed by atoms with Crippen LogP contribution < -0.4 is 11.2 Å². The largest absolute Gasteiger partial charge is 0.459 e. The first kappa shape index (κ1) is 30.0. The minimum Gasteiger partial charge on any atom is -0.459 e. The smallest absolute Gasteiger partial charge is 0.339 e. The fourth-order valence-corrected chi connectivity index (χ4v) is 4.97. The molecule has 3 atom stereocenters. The van der Waals surface area contributed by atoms with Crippen molar-refractivity contribution in [1.29, 1.82) is 0 Å². The lowest BCUT2D eigenvalue weighted by Gasteiger charge is -2.32. The number of hydrogen-bond donors (Lipinski definition) is 2. The third-order valence-corrected chi connectivity index (χ3v) is 7.79. The molecule has 0 bridgehead atoms. The van der Waals surface area contributed by atoms with Gasteiger partial charge >= 0.3 is 17.6 Å². The van der Waals surface area contributed by atoms with Crippen molar-refractivity contribution in [2.24, 2.45) is 0 Å². The molecular formula is C27H35IN2O8. The molecule has 0 saturated carbocycles. The molecule has 2 N–H and O–H groups in total. The van der Waals surface area contributed by atoms with E-state index in [9.17, 15) is 24.3 Å². The quantitative estimate of drug-likeness (QED) is 0.202. The monoisotopic (exact) mass is 642 g/mol. The number of rotatable bonds is 12. The summed E-state index contributed by atoms with van der Waals surface area (Å²) >= 11 is 1.80. The number of halogens is 1. The number of aromatic nitrogens is 2. The van der Waals surface area contributed by atoms with Crippen molar-refractivity contribution in [3.63, 3.8) is 0 Å². The van der Waals surface area contributed by atoms with Gasteiger partial charge in [0.15, 0.2) is 0 Å². The maximum absolute atomic E-state index is 13.2. The summed E-state index contributed by atoms with van der Waals surface area (Å²) in [4.78, 5) is 52.2. The molecule has 2 heterocycles. The molecule has 11 heteroatoms. The Bertz CT molecular complexity index is 1240. The molecule has 0 unspecified atom stereocenters. The predicted octanol–water partition coefficient (Wildman–Crippen LogP) is 3.94. The van der Waals surface area contributed by atoms with Gasteiger partial charge in [0.05, 0.1) is 20.8 Å². The Morgan fingerprint density at radius 1 is 1.13 bits per heavy atom. The average molecular weight is 642 g/mol. The Labute approximate surface area is 234 Å². The summed E-state index contributed by atoms with van der Waals surface area (Å²) in [5, 5.41) is 10.5. The number of ether oxygens (including phenoxy) is 3. The second-order valence-corrected chi connectivity index (χ2v) is 10.6. The molecule has 1 fully saturated rings. The number of benzene rings is 1. The number of carbonyl (C=O) groups is 2. The molecule has 1 aliphatic heterocycles. The van der Waals surface area contributed by atoms with Crippen LogP contribution in [0, 0.1) is 3.57 Å². The van der Waals surface area contributed by atoms with Gasteiger partial charge in [0.25, 0.3) is 5.56 Å². The number of hydrogen-bond acceptors (Lipinski definition) is 8. The van der Waals surface area contributed by atoms with Gasteiger partial charge in [-0.2, -0.15) is 0 Å². The first-order valence-electron chi connectivity index (χ1n) is 13.0. The lowest BCUT2D eigenvalue weighted by molar-refractivity contribution is -0.0534. The zero-order valence-corrected chi connectivity index (χ0v) is 24.1. The zero-order valence-electron chi connectivity index (χ0n) is 21.9. The number of aliphatic hydroxyl groups excluding tert-OH is 1. The molecule has 1 saturated heterocycles. The standard InChI is InChI=1S/C27H35IN2O8/c1-4-7-10-13-27(5-2,6-3)38-25(34)18-12-9-8-11-17(18)24(33)36-16-21-20(31)14-22(37-21)30-15-19(28)23(32)29-26(30)35/h8-9,11-12,15,20-22,31H,4-7,10,13-14,16H2,1-3H3,(H,29,32,35)/t20-,21+,22+/m0/s1. The van der Waals surface area contributed by atoms with Gasteiger partial charge in [-0.25, -0.2) is 14.4 Å². The maximum atomic E-state index is 13.2. The molecule has 3 rings (SSSR count). The van der Waals surface area contributed by atoms with Crippen LogP contribution in [0.2, 0.25) is 0 Å². The summed E-state index contributed by atoms with van der Waals surface area (Å²) < 4.78 is 18.6. The van der Waals surface area contributed by atoms with Crippen LogP contribution >= 0.6 is 22.6 Å². The van der Waals surface area contributed by atoms with E-state index in [0.29, 0.717) is 16.4 Å². The molecule has 0 aliphatic carbocycles. The first-order chi connectivity index (χ1) is 18.1. The number of unbranched alkanes of at least 4 members (excludes halogenated alkanes) is 2. The van der Waals surface area contributed by atoms with Gasteiger partial charge in [-0.05, 0) is 60.4 Å². The van der Waals surface area contributed by atoms with E-state index in [2.05, 4.69) is 11.9 Å². The van der Waals surface area contributed by atoms with Crippen LogP contribution in [0.3, 0.4) is 0 Å². The Hall–Kier alpha value is -2.51. The van der Waals surface area contributed by atoms with E-state index in [1.807, 2.05) is 13.8 Å². The van der Waals surface area contributed by atoms with Gasteiger partial charge in [0, 0.05) is 12.6 Å². The molecule has 208 valence electrons. The van der Waals surface area contributed by atoms with Gasteiger partial charge < -0.3 is 19.3 Å². The van der Waals surface area contributed by atoms with E-state index in [-0.39, 0.29) is 24.2 Å². The van der Waals surface area contributed by atoms with E-state index in [1.165, 1.54) is 22.9 Å². The maximum Gasteiger partial charge on any atom is 0.339 e. The van der Waals surface area contributed by atoms with E-state index < -0.39 is 47.2 Å². The predicted molar refractivity (Wildman–Crippen MR) is 148 cm³/mol. The highest BCUT2D eigenvalue weighted by atomic mass is 127.